The fourth-order valence-electron chi connectivity index (χ4n) is 2.38. The molecular weight excluding hydrogens is 370 g/mol. The molecule has 2 N–H and O–H groups in total. The van der Waals surface area contributed by atoms with Crippen molar-refractivity contribution in [1.82, 2.24) is 25.4 Å². The third-order valence-electron chi connectivity index (χ3n) is 3.66. The Morgan fingerprint density at radius 3 is 2.93 bits per heavy atom. The van der Waals surface area contributed by atoms with Crippen molar-refractivity contribution in [3.63, 3.8) is 0 Å². The highest BCUT2D eigenvalue weighted by atomic mass is 32.2. The van der Waals surface area contributed by atoms with E-state index in [1.54, 1.807) is 11.6 Å². The van der Waals surface area contributed by atoms with Gasteiger partial charge in [-0.2, -0.15) is 0 Å². The number of thioether (sulfide) groups is 1. The van der Waals surface area contributed by atoms with Gasteiger partial charge in [0.2, 0.25) is 5.91 Å². The van der Waals surface area contributed by atoms with Gasteiger partial charge >= 0.3 is 6.03 Å². The summed E-state index contributed by atoms with van der Waals surface area (Å²) in [6, 6.07) is 6.85. The molecule has 1 aromatic heterocycles. The van der Waals surface area contributed by atoms with Crippen LogP contribution in [0.5, 0.6) is 11.5 Å². The van der Waals surface area contributed by atoms with Crippen LogP contribution in [0.15, 0.2) is 42.1 Å². The molecule has 10 heteroatoms. The van der Waals surface area contributed by atoms with Gasteiger partial charge in [-0.1, -0.05) is 30.0 Å². The lowest BCUT2D eigenvalue weighted by Crippen LogP contribution is -2.40. The zero-order chi connectivity index (χ0) is 19.2. The number of carbonyl (C=O) groups is 2. The Hall–Kier alpha value is -3.01. The van der Waals surface area contributed by atoms with Crippen LogP contribution in [0.4, 0.5) is 4.79 Å². The fourth-order valence-corrected chi connectivity index (χ4v) is 3.10. The summed E-state index contributed by atoms with van der Waals surface area (Å²) in [5.74, 6) is 1.53. The lowest BCUT2D eigenvalue weighted by molar-refractivity contribution is -0.117. The average Bonchev–Trinajstić information content (AvgIpc) is 3.04. The molecule has 0 bridgehead atoms. The van der Waals surface area contributed by atoms with Gasteiger partial charge in [0.05, 0.1) is 5.75 Å². The molecule has 3 amide bonds. The van der Waals surface area contributed by atoms with E-state index in [1.165, 1.54) is 17.8 Å². The van der Waals surface area contributed by atoms with Crippen molar-refractivity contribution < 1.29 is 19.1 Å². The van der Waals surface area contributed by atoms with E-state index >= 15 is 0 Å². The minimum absolute atomic E-state index is 0.0261. The maximum Gasteiger partial charge on any atom is 0.321 e. The first-order valence-electron chi connectivity index (χ1n) is 8.17. The second-order valence-corrected chi connectivity index (χ2v) is 6.54. The Labute approximate surface area is 160 Å². The Balaban J connectivity index is 1.57. The molecule has 9 nitrogen and oxygen atoms in total. The van der Waals surface area contributed by atoms with Gasteiger partial charge in [-0.05, 0) is 12.1 Å². The standard InChI is InChI=1S/C17H19N5O4S/c1-3-8-18-16(24)19-14(23)10-27-17-21-20-15(22(17)2)13-9-25-11-6-4-5-7-12(11)26-13/h3-7,13H,1,8-10H2,2H3,(H2,18,19,23,24)/t13-/m1/s1. The van der Waals surface area contributed by atoms with E-state index in [4.69, 9.17) is 9.47 Å². The van der Waals surface area contributed by atoms with Crippen LogP contribution in [0.3, 0.4) is 0 Å². The first kappa shape index (κ1) is 18.8. The van der Waals surface area contributed by atoms with Gasteiger partial charge in [0.15, 0.2) is 28.6 Å². The van der Waals surface area contributed by atoms with Crippen molar-refractivity contribution in [3.8, 4) is 11.5 Å². The molecule has 0 fully saturated rings. The van der Waals surface area contributed by atoms with Gasteiger partial charge in [0.25, 0.3) is 0 Å². The highest BCUT2D eigenvalue weighted by Gasteiger charge is 2.27. The zero-order valence-corrected chi connectivity index (χ0v) is 15.5. The molecule has 0 spiro atoms. The molecule has 2 heterocycles. The Morgan fingerprint density at radius 2 is 2.15 bits per heavy atom. The van der Waals surface area contributed by atoms with Crippen LogP contribution in [0, 0.1) is 0 Å². The van der Waals surface area contributed by atoms with Crippen LogP contribution < -0.4 is 20.1 Å². The van der Waals surface area contributed by atoms with Crippen LogP contribution in [-0.2, 0) is 11.8 Å². The van der Waals surface area contributed by atoms with Crippen molar-refractivity contribution in [2.24, 2.45) is 7.05 Å². The Morgan fingerprint density at radius 1 is 1.37 bits per heavy atom. The van der Waals surface area contributed by atoms with E-state index in [1.807, 2.05) is 24.3 Å². The van der Waals surface area contributed by atoms with Crippen LogP contribution in [0.1, 0.15) is 11.9 Å². The molecule has 142 valence electrons. The van der Waals surface area contributed by atoms with E-state index < -0.39 is 18.0 Å². The number of hydrogen-bond acceptors (Lipinski definition) is 7. The largest absolute Gasteiger partial charge is 0.485 e. The summed E-state index contributed by atoms with van der Waals surface area (Å²) in [6.45, 7) is 4.08. The van der Waals surface area contributed by atoms with Crippen molar-refractivity contribution in [2.75, 3.05) is 18.9 Å². The van der Waals surface area contributed by atoms with Crippen molar-refractivity contribution in [3.05, 3.63) is 42.7 Å². The number of para-hydroxylation sites is 2. The number of fused-ring (bicyclic) bond motifs is 1. The number of imide groups is 1. The highest BCUT2D eigenvalue weighted by Crippen LogP contribution is 2.35. The smallest absolute Gasteiger partial charge is 0.321 e. The van der Waals surface area contributed by atoms with Gasteiger partial charge in [-0.15, -0.1) is 16.8 Å². The molecular formula is C17H19N5O4S. The van der Waals surface area contributed by atoms with Crippen LogP contribution in [0.2, 0.25) is 0 Å². The number of hydrogen-bond donors (Lipinski definition) is 2. The molecule has 0 saturated carbocycles. The minimum atomic E-state index is -0.564. The number of nitrogens with one attached hydrogen (secondary N) is 2. The van der Waals surface area contributed by atoms with Crippen LogP contribution in [-0.4, -0.2) is 45.6 Å². The lowest BCUT2D eigenvalue weighted by atomic mass is 10.2. The second kappa shape index (κ2) is 8.58. The van der Waals surface area contributed by atoms with Crippen molar-refractivity contribution in [2.45, 2.75) is 11.3 Å². The topological polar surface area (TPSA) is 107 Å². The van der Waals surface area contributed by atoms with Gasteiger partial charge in [0, 0.05) is 13.6 Å². The normalized spacial score (nSPS) is 15.1. The predicted octanol–water partition coefficient (Wildman–Crippen LogP) is 1.43. The average molecular weight is 389 g/mol. The summed E-state index contributed by atoms with van der Waals surface area (Å²) < 4.78 is 13.4. The summed E-state index contributed by atoms with van der Waals surface area (Å²) in [7, 11) is 1.79. The minimum Gasteiger partial charge on any atom is -0.485 e. The number of aromatic nitrogens is 3. The predicted molar refractivity (Wildman–Crippen MR) is 98.8 cm³/mol. The highest BCUT2D eigenvalue weighted by molar-refractivity contribution is 7.99. The summed E-state index contributed by atoms with van der Waals surface area (Å²) in [6.07, 6.45) is 1.13. The number of urea groups is 1. The van der Waals surface area contributed by atoms with Gasteiger partial charge < -0.3 is 19.4 Å². The number of nitrogens with zero attached hydrogens (tertiary/aromatic N) is 3. The van der Waals surface area contributed by atoms with E-state index in [-0.39, 0.29) is 12.3 Å². The molecule has 1 aliphatic rings. The van der Waals surface area contributed by atoms with Crippen molar-refractivity contribution in [1.29, 1.82) is 0 Å². The Kier molecular flexibility index (Phi) is 5.97. The van der Waals surface area contributed by atoms with E-state index in [0.29, 0.717) is 29.1 Å². The third kappa shape index (κ3) is 4.59. The maximum absolute atomic E-state index is 11.8. The second-order valence-electron chi connectivity index (χ2n) is 5.60. The summed E-state index contributed by atoms with van der Waals surface area (Å²) in [5, 5.41) is 13.5. The number of carbonyl (C=O) groups excluding carboxylic acids is 2. The first-order chi connectivity index (χ1) is 13.1. The van der Waals surface area contributed by atoms with Crippen LogP contribution >= 0.6 is 11.8 Å². The molecule has 2 aromatic rings. The van der Waals surface area contributed by atoms with Crippen molar-refractivity contribution >= 4 is 23.7 Å². The molecule has 1 aliphatic heterocycles. The molecule has 0 saturated heterocycles. The van der Waals surface area contributed by atoms with Gasteiger partial charge in [0.1, 0.15) is 6.61 Å². The van der Waals surface area contributed by atoms with E-state index in [2.05, 4.69) is 27.4 Å². The molecule has 0 radical (unpaired) electrons. The molecule has 1 atom stereocenters. The summed E-state index contributed by atoms with van der Waals surface area (Å²) in [5.41, 5.74) is 0. The first-order valence-corrected chi connectivity index (χ1v) is 9.16. The Bertz CT molecular complexity index is 854. The number of amides is 3. The number of rotatable bonds is 6. The molecule has 1 aromatic carbocycles. The van der Waals surface area contributed by atoms with Gasteiger partial charge in [-0.3, -0.25) is 10.1 Å². The molecule has 0 unspecified atom stereocenters. The lowest BCUT2D eigenvalue weighted by Gasteiger charge is -2.25. The fraction of sp³-hybridized carbons (Fsp3) is 0.294. The van der Waals surface area contributed by atoms with Crippen LogP contribution in [0.25, 0.3) is 0 Å². The summed E-state index contributed by atoms with van der Waals surface area (Å²) in [4.78, 5) is 23.3. The zero-order valence-electron chi connectivity index (χ0n) is 14.7. The SMILES string of the molecule is C=CCNC(=O)NC(=O)CSc1nnc([C@H]2COc3ccccc3O2)n1C. The monoisotopic (exact) mass is 389 g/mol. The molecule has 0 aliphatic carbocycles. The maximum atomic E-state index is 11.8. The number of benzene rings is 1. The summed E-state index contributed by atoms with van der Waals surface area (Å²) >= 11 is 1.17. The molecule has 27 heavy (non-hydrogen) atoms. The quantitative estimate of drug-likeness (QED) is 0.568. The number of ether oxygens (including phenoxy) is 2. The van der Waals surface area contributed by atoms with E-state index in [0.717, 1.165) is 0 Å². The molecule has 3 rings (SSSR count). The van der Waals surface area contributed by atoms with Gasteiger partial charge in [-0.25, -0.2) is 4.79 Å². The van der Waals surface area contributed by atoms with E-state index in [9.17, 15) is 9.59 Å². The third-order valence-corrected chi connectivity index (χ3v) is 4.68.